The molecule has 2 aromatic carbocycles. The standard InChI is InChI=1S/C19H20N2O4S/c1-14(15-6-7-17-18(12-15)25-11-10-24-17)8-9-21-26(22,23)19-5-3-2-4-16(19)13-20/h2-7,12,14,21H,8-11H2,1H3. The van der Waals surface area contributed by atoms with Gasteiger partial charge < -0.3 is 9.47 Å². The molecule has 3 rings (SSSR count). The third-order valence-corrected chi connectivity index (χ3v) is 5.82. The molecule has 0 amide bonds. The van der Waals surface area contributed by atoms with Crippen LogP contribution in [0.3, 0.4) is 0 Å². The summed E-state index contributed by atoms with van der Waals surface area (Å²) in [5.74, 6) is 1.60. The summed E-state index contributed by atoms with van der Waals surface area (Å²) in [6, 6.07) is 13.9. The molecule has 0 fully saturated rings. The Morgan fingerprint density at radius 1 is 1.15 bits per heavy atom. The molecule has 0 saturated heterocycles. The van der Waals surface area contributed by atoms with Gasteiger partial charge >= 0.3 is 0 Å². The van der Waals surface area contributed by atoms with Crippen LogP contribution in [0, 0.1) is 11.3 Å². The van der Waals surface area contributed by atoms with E-state index >= 15 is 0 Å². The Hall–Kier alpha value is -2.56. The summed E-state index contributed by atoms with van der Waals surface area (Å²) in [5.41, 5.74) is 1.20. The summed E-state index contributed by atoms with van der Waals surface area (Å²) >= 11 is 0. The SMILES string of the molecule is CC(CCNS(=O)(=O)c1ccccc1C#N)c1ccc2c(c1)OCCO2. The van der Waals surface area contributed by atoms with E-state index in [1.807, 2.05) is 31.2 Å². The number of nitrogens with zero attached hydrogens (tertiary/aromatic N) is 1. The number of benzene rings is 2. The second-order valence-electron chi connectivity index (χ2n) is 6.10. The summed E-state index contributed by atoms with van der Waals surface area (Å²) < 4.78 is 38.5. The van der Waals surface area contributed by atoms with E-state index in [0.717, 1.165) is 17.1 Å². The highest BCUT2D eigenvalue weighted by Crippen LogP contribution is 2.33. The molecule has 1 aliphatic rings. The summed E-state index contributed by atoms with van der Waals surface area (Å²) in [6.07, 6.45) is 0.619. The quantitative estimate of drug-likeness (QED) is 0.842. The Labute approximate surface area is 153 Å². The number of nitrogens with one attached hydrogen (secondary N) is 1. The van der Waals surface area contributed by atoms with Crippen LogP contribution in [0.25, 0.3) is 0 Å². The molecule has 0 saturated carbocycles. The Bertz CT molecular complexity index is 935. The van der Waals surface area contributed by atoms with Crippen molar-refractivity contribution in [3.63, 3.8) is 0 Å². The van der Waals surface area contributed by atoms with Crippen molar-refractivity contribution in [2.75, 3.05) is 19.8 Å². The van der Waals surface area contributed by atoms with Crippen molar-refractivity contribution in [2.45, 2.75) is 24.2 Å². The Kier molecular flexibility index (Phi) is 5.45. The lowest BCUT2D eigenvalue weighted by atomic mass is 9.97. The summed E-state index contributed by atoms with van der Waals surface area (Å²) in [7, 11) is -3.71. The smallest absolute Gasteiger partial charge is 0.241 e. The van der Waals surface area contributed by atoms with E-state index in [1.165, 1.54) is 12.1 Å². The first-order valence-corrected chi connectivity index (χ1v) is 9.88. The fourth-order valence-electron chi connectivity index (χ4n) is 2.81. The molecule has 7 heteroatoms. The molecule has 6 nitrogen and oxygen atoms in total. The Morgan fingerprint density at radius 3 is 2.65 bits per heavy atom. The van der Waals surface area contributed by atoms with E-state index in [0.29, 0.717) is 19.6 Å². The van der Waals surface area contributed by atoms with Crippen LogP contribution in [0.5, 0.6) is 11.5 Å². The summed E-state index contributed by atoms with van der Waals surface area (Å²) in [5, 5.41) is 9.08. The van der Waals surface area contributed by atoms with E-state index in [4.69, 9.17) is 14.7 Å². The van der Waals surface area contributed by atoms with Crippen molar-refractivity contribution in [3.05, 3.63) is 53.6 Å². The number of fused-ring (bicyclic) bond motifs is 1. The summed E-state index contributed by atoms with van der Waals surface area (Å²) in [4.78, 5) is 0.00878. The monoisotopic (exact) mass is 372 g/mol. The largest absolute Gasteiger partial charge is 0.486 e. The Balaban J connectivity index is 1.63. The van der Waals surface area contributed by atoms with Gasteiger partial charge in [0, 0.05) is 6.54 Å². The van der Waals surface area contributed by atoms with Gasteiger partial charge in [-0.2, -0.15) is 5.26 Å². The number of hydrogen-bond acceptors (Lipinski definition) is 5. The first-order valence-electron chi connectivity index (χ1n) is 8.39. The molecule has 1 aliphatic heterocycles. The highest BCUT2D eigenvalue weighted by atomic mass is 32.2. The fourth-order valence-corrected chi connectivity index (χ4v) is 4.02. The zero-order valence-electron chi connectivity index (χ0n) is 14.4. The highest BCUT2D eigenvalue weighted by Gasteiger charge is 2.19. The number of ether oxygens (including phenoxy) is 2. The molecular formula is C19H20N2O4S. The summed E-state index contributed by atoms with van der Waals surface area (Å²) in [6.45, 7) is 3.39. The van der Waals surface area contributed by atoms with Gasteiger partial charge in [-0.05, 0) is 42.2 Å². The van der Waals surface area contributed by atoms with Gasteiger partial charge in [-0.1, -0.05) is 25.1 Å². The van der Waals surface area contributed by atoms with E-state index in [9.17, 15) is 8.42 Å². The molecule has 0 spiro atoms. The predicted molar refractivity (Wildman–Crippen MR) is 96.8 cm³/mol. The van der Waals surface area contributed by atoms with Gasteiger partial charge in [0.05, 0.1) is 10.5 Å². The first-order chi connectivity index (χ1) is 12.5. The second kappa shape index (κ2) is 7.77. The van der Waals surface area contributed by atoms with E-state index in [1.54, 1.807) is 12.1 Å². The maximum absolute atomic E-state index is 12.4. The molecule has 0 bridgehead atoms. The molecule has 1 atom stereocenters. The fraction of sp³-hybridized carbons (Fsp3) is 0.316. The lowest BCUT2D eigenvalue weighted by molar-refractivity contribution is 0.171. The average Bonchev–Trinajstić information content (AvgIpc) is 2.67. The van der Waals surface area contributed by atoms with Gasteiger partial charge in [0.15, 0.2) is 11.5 Å². The Morgan fingerprint density at radius 2 is 1.88 bits per heavy atom. The lowest BCUT2D eigenvalue weighted by Crippen LogP contribution is -2.26. The highest BCUT2D eigenvalue weighted by molar-refractivity contribution is 7.89. The molecule has 136 valence electrons. The molecule has 1 heterocycles. The second-order valence-corrected chi connectivity index (χ2v) is 7.83. The average molecular weight is 372 g/mol. The van der Waals surface area contributed by atoms with Crippen LogP contribution < -0.4 is 14.2 Å². The van der Waals surface area contributed by atoms with Crippen molar-refractivity contribution in [1.29, 1.82) is 5.26 Å². The first kappa shape index (κ1) is 18.2. The van der Waals surface area contributed by atoms with Crippen LogP contribution >= 0.6 is 0 Å². The van der Waals surface area contributed by atoms with Gasteiger partial charge in [-0.25, -0.2) is 13.1 Å². The van der Waals surface area contributed by atoms with Crippen molar-refractivity contribution in [3.8, 4) is 17.6 Å². The minimum absolute atomic E-state index is 0.00878. The minimum atomic E-state index is -3.71. The molecular weight excluding hydrogens is 352 g/mol. The molecule has 0 aromatic heterocycles. The van der Waals surface area contributed by atoms with Crippen LogP contribution in [0.1, 0.15) is 30.4 Å². The van der Waals surface area contributed by atoms with Crippen molar-refractivity contribution in [1.82, 2.24) is 4.72 Å². The number of sulfonamides is 1. The van der Waals surface area contributed by atoms with Gasteiger partial charge in [-0.15, -0.1) is 0 Å². The molecule has 26 heavy (non-hydrogen) atoms. The number of rotatable bonds is 6. The van der Waals surface area contributed by atoms with E-state index in [2.05, 4.69) is 4.72 Å². The zero-order valence-corrected chi connectivity index (χ0v) is 15.3. The van der Waals surface area contributed by atoms with Crippen LogP contribution in [-0.4, -0.2) is 28.2 Å². The third kappa shape index (κ3) is 3.98. The van der Waals surface area contributed by atoms with Gasteiger partial charge in [0.25, 0.3) is 0 Å². The van der Waals surface area contributed by atoms with Crippen LogP contribution in [0.15, 0.2) is 47.4 Å². The zero-order chi connectivity index (χ0) is 18.6. The normalized spacial score (nSPS) is 14.5. The van der Waals surface area contributed by atoms with Gasteiger partial charge in [0.2, 0.25) is 10.0 Å². The molecule has 0 radical (unpaired) electrons. The lowest BCUT2D eigenvalue weighted by Gasteiger charge is -2.20. The van der Waals surface area contributed by atoms with E-state index < -0.39 is 10.0 Å². The van der Waals surface area contributed by atoms with Crippen molar-refractivity contribution in [2.24, 2.45) is 0 Å². The number of hydrogen-bond donors (Lipinski definition) is 1. The topological polar surface area (TPSA) is 88.4 Å². The molecule has 2 aromatic rings. The predicted octanol–water partition coefficient (Wildman–Crippen LogP) is 2.80. The maximum Gasteiger partial charge on any atom is 0.241 e. The third-order valence-electron chi connectivity index (χ3n) is 4.30. The van der Waals surface area contributed by atoms with Crippen molar-refractivity contribution < 1.29 is 17.9 Å². The number of nitriles is 1. The van der Waals surface area contributed by atoms with Gasteiger partial charge in [-0.3, -0.25) is 0 Å². The van der Waals surface area contributed by atoms with Gasteiger partial charge in [0.1, 0.15) is 19.3 Å². The van der Waals surface area contributed by atoms with Crippen LogP contribution in [0.4, 0.5) is 0 Å². The molecule has 1 N–H and O–H groups in total. The minimum Gasteiger partial charge on any atom is -0.486 e. The van der Waals surface area contributed by atoms with Crippen molar-refractivity contribution >= 4 is 10.0 Å². The molecule has 0 aliphatic carbocycles. The van der Waals surface area contributed by atoms with Crippen LogP contribution in [0.2, 0.25) is 0 Å². The molecule has 1 unspecified atom stereocenters. The van der Waals surface area contributed by atoms with Crippen LogP contribution in [-0.2, 0) is 10.0 Å². The van der Waals surface area contributed by atoms with E-state index in [-0.39, 0.29) is 22.9 Å². The maximum atomic E-state index is 12.4.